The molecule has 1 aromatic heterocycles. The van der Waals surface area contributed by atoms with E-state index < -0.39 is 22.0 Å². The molecule has 0 bridgehead atoms. The number of rotatable bonds is 3. The van der Waals surface area contributed by atoms with Crippen LogP contribution in [0, 0.1) is 0 Å². The Morgan fingerprint density at radius 3 is 2.83 bits per heavy atom. The lowest BCUT2D eigenvalue weighted by molar-refractivity contribution is -0.144. The minimum Gasteiger partial charge on any atom is -0.468 e. The average Bonchev–Trinajstić information content (AvgIpc) is 2.96. The van der Waals surface area contributed by atoms with Crippen molar-refractivity contribution in [1.29, 1.82) is 0 Å². The van der Waals surface area contributed by atoms with Crippen molar-refractivity contribution < 1.29 is 17.9 Å². The molecule has 5 nitrogen and oxygen atoms in total. The SMILES string of the molecule is COC(=O)[C@H]1CCCN1S(=O)(=O)c1ccc(Br)s1. The zero-order valence-corrected chi connectivity index (χ0v) is 12.8. The standard InChI is InChI=1S/C10H12BrNO4S2/c1-16-10(13)7-3-2-6-12(7)18(14,15)9-5-4-8(11)17-9/h4-5,7H,2-3,6H2,1H3/t7-/m1/s1. The van der Waals surface area contributed by atoms with Gasteiger partial charge in [0.15, 0.2) is 0 Å². The molecule has 2 heterocycles. The molecular formula is C10H12BrNO4S2. The van der Waals surface area contributed by atoms with Crippen molar-refractivity contribution in [1.82, 2.24) is 4.31 Å². The number of carbonyl (C=O) groups excluding carboxylic acids is 1. The summed E-state index contributed by atoms with van der Waals surface area (Å²) in [5.41, 5.74) is 0. The van der Waals surface area contributed by atoms with E-state index in [2.05, 4.69) is 20.7 Å². The van der Waals surface area contributed by atoms with Gasteiger partial charge in [0, 0.05) is 6.54 Å². The predicted molar refractivity (Wildman–Crippen MR) is 70.9 cm³/mol. The molecule has 0 amide bonds. The number of esters is 1. The molecule has 2 rings (SSSR count). The maximum Gasteiger partial charge on any atom is 0.324 e. The molecule has 1 fully saturated rings. The van der Waals surface area contributed by atoms with Crippen LogP contribution in [0.2, 0.25) is 0 Å². The number of sulfonamides is 1. The fraction of sp³-hybridized carbons (Fsp3) is 0.500. The monoisotopic (exact) mass is 353 g/mol. The lowest BCUT2D eigenvalue weighted by Crippen LogP contribution is -2.40. The number of nitrogens with zero attached hydrogens (tertiary/aromatic N) is 1. The molecule has 1 aromatic rings. The van der Waals surface area contributed by atoms with Crippen LogP contribution in [0.25, 0.3) is 0 Å². The highest BCUT2D eigenvalue weighted by molar-refractivity contribution is 9.11. The Morgan fingerprint density at radius 1 is 1.56 bits per heavy atom. The van der Waals surface area contributed by atoms with Gasteiger partial charge in [0.25, 0.3) is 10.0 Å². The number of carbonyl (C=O) groups is 1. The Bertz CT molecular complexity index is 554. The van der Waals surface area contributed by atoms with Crippen molar-refractivity contribution in [3.05, 3.63) is 15.9 Å². The maximum absolute atomic E-state index is 12.4. The van der Waals surface area contributed by atoms with Crippen molar-refractivity contribution in [2.24, 2.45) is 0 Å². The first kappa shape index (κ1) is 14.0. The molecule has 0 saturated carbocycles. The number of hydrogen-bond acceptors (Lipinski definition) is 5. The van der Waals surface area contributed by atoms with Crippen molar-refractivity contribution in [3.63, 3.8) is 0 Å². The lowest BCUT2D eigenvalue weighted by Gasteiger charge is -2.21. The lowest BCUT2D eigenvalue weighted by atomic mass is 10.2. The highest BCUT2D eigenvalue weighted by Gasteiger charge is 2.40. The Labute approximate surface area is 118 Å². The van der Waals surface area contributed by atoms with Crippen LogP contribution in [-0.2, 0) is 19.6 Å². The number of thiophene rings is 1. The topological polar surface area (TPSA) is 63.7 Å². The van der Waals surface area contributed by atoms with Gasteiger partial charge >= 0.3 is 5.97 Å². The minimum absolute atomic E-state index is 0.241. The van der Waals surface area contributed by atoms with E-state index in [9.17, 15) is 13.2 Å². The summed E-state index contributed by atoms with van der Waals surface area (Å²) in [6.07, 6.45) is 1.18. The van der Waals surface area contributed by atoms with Crippen molar-refractivity contribution in [2.75, 3.05) is 13.7 Å². The maximum atomic E-state index is 12.4. The van der Waals surface area contributed by atoms with Gasteiger partial charge in [-0.1, -0.05) is 0 Å². The zero-order chi connectivity index (χ0) is 13.3. The second-order valence-electron chi connectivity index (χ2n) is 3.86. The first-order valence-electron chi connectivity index (χ1n) is 5.32. The molecular weight excluding hydrogens is 342 g/mol. The average molecular weight is 354 g/mol. The van der Waals surface area contributed by atoms with Gasteiger partial charge in [-0.05, 0) is 40.9 Å². The Morgan fingerprint density at radius 2 is 2.28 bits per heavy atom. The van der Waals surface area contributed by atoms with E-state index in [1.165, 1.54) is 17.5 Å². The van der Waals surface area contributed by atoms with Gasteiger partial charge in [0.05, 0.1) is 10.9 Å². The van der Waals surface area contributed by atoms with Crippen LogP contribution >= 0.6 is 27.3 Å². The first-order chi connectivity index (χ1) is 8.46. The van der Waals surface area contributed by atoms with Crippen molar-refractivity contribution >= 4 is 43.3 Å². The Balaban J connectivity index is 2.32. The first-order valence-corrected chi connectivity index (χ1v) is 8.37. The Kier molecular flexibility index (Phi) is 4.10. The summed E-state index contributed by atoms with van der Waals surface area (Å²) in [5.74, 6) is -0.494. The second-order valence-corrected chi connectivity index (χ2v) is 8.44. The van der Waals surface area contributed by atoms with Crippen LogP contribution < -0.4 is 0 Å². The van der Waals surface area contributed by atoms with Crippen LogP contribution in [-0.4, -0.2) is 38.4 Å². The van der Waals surface area contributed by atoms with Crippen LogP contribution in [0.1, 0.15) is 12.8 Å². The number of methoxy groups -OCH3 is 1. The summed E-state index contributed by atoms with van der Waals surface area (Å²) in [4.78, 5) is 11.6. The van der Waals surface area contributed by atoms with Crippen LogP contribution in [0.5, 0.6) is 0 Å². The minimum atomic E-state index is -3.60. The molecule has 8 heteroatoms. The van der Waals surface area contributed by atoms with Crippen LogP contribution in [0.4, 0.5) is 0 Å². The molecule has 1 aliphatic heterocycles. The largest absolute Gasteiger partial charge is 0.468 e. The molecule has 1 atom stereocenters. The van der Waals surface area contributed by atoms with Gasteiger partial charge in [-0.3, -0.25) is 4.79 Å². The summed E-state index contributed by atoms with van der Waals surface area (Å²) < 4.78 is 31.6. The van der Waals surface area contributed by atoms with E-state index in [4.69, 9.17) is 0 Å². The van der Waals surface area contributed by atoms with Gasteiger partial charge in [0.2, 0.25) is 0 Å². The van der Waals surface area contributed by atoms with Crippen molar-refractivity contribution in [3.8, 4) is 0 Å². The highest BCUT2D eigenvalue weighted by atomic mass is 79.9. The van der Waals surface area contributed by atoms with E-state index >= 15 is 0 Å². The molecule has 100 valence electrons. The fourth-order valence-corrected chi connectivity index (χ4v) is 5.74. The summed E-state index contributed by atoms with van der Waals surface area (Å²) in [5, 5.41) is 0. The highest BCUT2D eigenvalue weighted by Crippen LogP contribution is 2.32. The second kappa shape index (κ2) is 5.28. The molecule has 0 N–H and O–H groups in total. The van der Waals surface area contributed by atoms with E-state index in [1.807, 2.05) is 0 Å². The molecule has 18 heavy (non-hydrogen) atoms. The summed E-state index contributed by atoms with van der Waals surface area (Å²) in [7, 11) is -2.33. The van der Waals surface area contributed by atoms with E-state index in [1.54, 1.807) is 6.07 Å². The summed E-state index contributed by atoms with van der Waals surface area (Å²) in [6, 6.07) is 2.53. The number of hydrogen-bond donors (Lipinski definition) is 0. The van der Waals surface area contributed by atoms with Gasteiger partial charge in [0.1, 0.15) is 10.3 Å². The van der Waals surface area contributed by atoms with Gasteiger partial charge in [-0.15, -0.1) is 11.3 Å². The molecule has 1 saturated heterocycles. The quantitative estimate of drug-likeness (QED) is 0.777. The van der Waals surface area contributed by atoms with Crippen LogP contribution in [0.15, 0.2) is 20.1 Å². The van der Waals surface area contributed by atoms with Crippen molar-refractivity contribution in [2.45, 2.75) is 23.1 Å². The number of ether oxygens (including phenoxy) is 1. The molecule has 0 spiro atoms. The molecule has 0 unspecified atom stereocenters. The van der Waals surface area contributed by atoms with Gasteiger partial charge in [-0.25, -0.2) is 8.42 Å². The third-order valence-corrected chi connectivity index (χ3v) is 6.79. The van der Waals surface area contributed by atoms with Crippen LogP contribution in [0.3, 0.4) is 0 Å². The third-order valence-electron chi connectivity index (χ3n) is 2.79. The molecule has 0 radical (unpaired) electrons. The predicted octanol–water partition coefficient (Wildman–Crippen LogP) is 1.84. The van der Waals surface area contributed by atoms with E-state index in [-0.39, 0.29) is 4.21 Å². The zero-order valence-electron chi connectivity index (χ0n) is 9.63. The smallest absolute Gasteiger partial charge is 0.324 e. The third kappa shape index (κ3) is 2.47. The van der Waals surface area contributed by atoms with E-state index in [0.717, 1.165) is 15.1 Å². The summed E-state index contributed by atoms with van der Waals surface area (Å²) >= 11 is 4.37. The fourth-order valence-electron chi connectivity index (χ4n) is 1.95. The summed E-state index contributed by atoms with van der Waals surface area (Å²) in [6.45, 7) is 0.359. The molecule has 1 aliphatic rings. The molecule has 0 aliphatic carbocycles. The van der Waals surface area contributed by atoms with E-state index in [0.29, 0.717) is 19.4 Å². The normalized spacial score (nSPS) is 21.1. The van der Waals surface area contributed by atoms with Gasteiger partial charge < -0.3 is 4.74 Å². The molecule has 0 aromatic carbocycles. The number of halogens is 1. The Hall–Kier alpha value is -0.440. The van der Waals surface area contributed by atoms with Gasteiger partial charge in [-0.2, -0.15) is 4.31 Å².